The topological polar surface area (TPSA) is 76.1 Å². The zero-order chi connectivity index (χ0) is 16.1. The number of anilines is 1. The molecular formula is C16H18N4O2S. The van der Waals surface area contributed by atoms with Crippen molar-refractivity contribution in [2.75, 3.05) is 11.9 Å². The second-order valence-electron chi connectivity index (χ2n) is 6.53. The molecular weight excluding hydrogens is 312 g/mol. The Balaban J connectivity index is 1.43. The minimum absolute atomic E-state index is 0.232. The van der Waals surface area contributed by atoms with Crippen molar-refractivity contribution >= 4 is 23.2 Å². The van der Waals surface area contributed by atoms with Gasteiger partial charge < -0.3 is 10.1 Å². The van der Waals surface area contributed by atoms with E-state index in [1.165, 1.54) is 11.3 Å². The number of pyridine rings is 1. The lowest BCUT2D eigenvalue weighted by molar-refractivity contribution is -0.00667. The molecule has 2 amide bonds. The first kappa shape index (κ1) is 14.6. The van der Waals surface area contributed by atoms with Crippen molar-refractivity contribution in [2.45, 2.75) is 31.4 Å². The van der Waals surface area contributed by atoms with Gasteiger partial charge in [-0.3, -0.25) is 10.3 Å². The molecule has 4 rings (SSSR count). The molecule has 0 radical (unpaired) electrons. The lowest BCUT2D eigenvalue weighted by Crippen LogP contribution is -2.52. The average molecular weight is 330 g/mol. The van der Waals surface area contributed by atoms with Gasteiger partial charge in [-0.2, -0.15) is 0 Å². The van der Waals surface area contributed by atoms with E-state index in [0.717, 1.165) is 17.1 Å². The Kier molecular flexibility index (Phi) is 3.18. The van der Waals surface area contributed by atoms with Crippen molar-refractivity contribution in [2.24, 2.45) is 5.92 Å². The van der Waals surface area contributed by atoms with Crippen LogP contribution in [0.4, 0.5) is 10.6 Å². The highest BCUT2D eigenvalue weighted by atomic mass is 32.1. The molecule has 2 aromatic rings. The van der Waals surface area contributed by atoms with Gasteiger partial charge in [-0.1, -0.05) is 6.07 Å². The van der Waals surface area contributed by atoms with Crippen LogP contribution in [-0.2, 0) is 4.74 Å². The van der Waals surface area contributed by atoms with Gasteiger partial charge in [0.2, 0.25) is 0 Å². The van der Waals surface area contributed by atoms with E-state index in [1.807, 2.05) is 37.4 Å². The molecule has 0 spiro atoms. The number of carbonyl (C=O) groups is 1. The van der Waals surface area contributed by atoms with Gasteiger partial charge in [0, 0.05) is 17.5 Å². The Bertz CT molecular complexity index is 746. The van der Waals surface area contributed by atoms with Crippen molar-refractivity contribution < 1.29 is 9.53 Å². The van der Waals surface area contributed by atoms with Crippen LogP contribution in [0.25, 0.3) is 10.7 Å². The molecule has 2 aliphatic rings. The molecule has 2 atom stereocenters. The molecule has 120 valence electrons. The molecule has 6 nitrogen and oxygen atoms in total. The van der Waals surface area contributed by atoms with E-state index >= 15 is 0 Å². The lowest BCUT2D eigenvalue weighted by Gasteiger charge is -2.30. The van der Waals surface area contributed by atoms with Crippen molar-refractivity contribution in [3.8, 4) is 10.7 Å². The molecule has 1 aliphatic carbocycles. The summed E-state index contributed by atoms with van der Waals surface area (Å²) in [6, 6.07) is 5.44. The van der Waals surface area contributed by atoms with Crippen molar-refractivity contribution in [1.29, 1.82) is 0 Å². The summed E-state index contributed by atoms with van der Waals surface area (Å²) >= 11 is 1.46. The number of nitrogens with one attached hydrogen (secondary N) is 2. The highest BCUT2D eigenvalue weighted by molar-refractivity contribution is 7.13. The number of ether oxygens (including phenoxy) is 1. The number of nitrogens with zero attached hydrogens (tertiary/aromatic N) is 2. The summed E-state index contributed by atoms with van der Waals surface area (Å²) in [5, 5.41) is 8.51. The Morgan fingerprint density at radius 2 is 2.30 bits per heavy atom. The second kappa shape index (κ2) is 5.01. The highest BCUT2D eigenvalue weighted by Gasteiger charge is 2.69. The van der Waals surface area contributed by atoms with Crippen LogP contribution in [0.2, 0.25) is 0 Å². The van der Waals surface area contributed by atoms with Crippen LogP contribution in [0, 0.1) is 5.92 Å². The first-order valence-electron chi connectivity index (χ1n) is 7.60. The van der Waals surface area contributed by atoms with Crippen molar-refractivity contribution in [3.63, 3.8) is 0 Å². The average Bonchev–Trinajstić information content (AvgIpc) is 2.93. The second-order valence-corrected chi connectivity index (χ2v) is 7.38. The number of thiazole rings is 1. The molecule has 0 bridgehead atoms. The predicted octanol–water partition coefficient (Wildman–Crippen LogP) is 2.89. The summed E-state index contributed by atoms with van der Waals surface area (Å²) in [5.74, 6) is 0.959. The zero-order valence-electron chi connectivity index (χ0n) is 13.0. The van der Waals surface area contributed by atoms with E-state index in [0.29, 0.717) is 18.3 Å². The standard InChI is InChI=1S/C16H18N4O2S/c1-15(2)16(7-10(16)8-22-15)20-14(21)19-12-9-23-13(18-12)11-5-3-4-6-17-11/h3-6,9-10H,7-8H2,1-2H3,(H2,19,20,21). The first-order valence-corrected chi connectivity index (χ1v) is 8.48. The molecule has 3 heterocycles. The molecule has 2 N–H and O–H groups in total. The summed E-state index contributed by atoms with van der Waals surface area (Å²) < 4.78 is 5.75. The van der Waals surface area contributed by atoms with Crippen LogP contribution in [0.3, 0.4) is 0 Å². The molecule has 1 aliphatic heterocycles. The molecule has 7 heteroatoms. The third kappa shape index (κ3) is 2.40. The summed E-state index contributed by atoms with van der Waals surface area (Å²) in [7, 11) is 0. The van der Waals surface area contributed by atoms with Crippen LogP contribution >= 0.6 is 11.3 Å². The van der Waals surface area contributed by atoms with Gasteiger partial charge in [0.15, 0.2) is 0 Å². The fourth-order valence-electron chi connectivity index (χ4n) is 3.30. The Labute approximate surface area is 138 Å². The van der Waals surface area contributed by atoms with Crippen LogP contribution in [-0.4, -0.2) is 33.7 Å². The lowest BCUT2D eigenvalue weighted by atomic mass is 9.96. The van der Waals surface area contributed by atoms with Crippen LogP contribution < -0.4 is 10.6 Å². The van der Waals surface area contributed by atoms with Gasteiger partial charge in [-0.25, -0.2) is 9.78 Å². The van der Waals surface area contributed by atoms with Crippen molar-refractivity contribution in [1.82, 2.24) is 15.3 Å². The van der Waals surface area contributed by atoms with Crippen LogP contribution in [0.5, 0.6) is 0 Å². The molecule has 1 saturated heterocycles. The minimum Gasteiger partial charge on any atom is -0.373 e. The maximum atomic E-state index is 12.3. The van der Waals surface area contributed by atoms with E-state index in [2.05, 4.69) is 20.6 Å². The smallest absolute Gasteiger partial charge is 0.320 e. The van der Waals surface area contributed by atoms with E-state index in [4.69, 9.17) is 4.74 Å². The maximum Gasteiger partial charge on any atom is 0.320 e. The normalized spacial score (nSPS) is 27.3. The molecule has 2 aromatic heterocycles. The summed E-state index contributed by atoms with van der Waals surface area (Å²) in [5.41, 5.74) is 0.241. The summed E-state index contributed by atoms with van der Waals surface area (Å²) in [6.07, 6.45) is 2.70. The van der Waals surface area contributed by atoms with E-state index in [-0.39, 0.29) is 17.2 Å². The fraction of sp³-hybridized carbons (Fsp3) is 0.438. The SMILES string of the molecule is CC1(C)OCC2CC21NC(=O)Nc1csc(-c2ccccn2)n1. The number of amides is 2. The molecule has 0 aromatic carbocycles. The fourth-order valence-corrected chi connectivity index (χ4v) is 4.03. The molecule has 1 saturated carbocycles. The Morgan fingerprint density at radius 1 is 1.43 bits per heavy atom. The number of aromatic nitrogens is 2. The summed E-state index contributed by atoms with van der Waals surface area (Å²) in [4.78, 5) is 21.0. The Hall–Kier alpha value is -1.99. The highest BCUT2D eigenvalue weighted by Crippen LogP contribution is 2.57. The van der Waals surface area contributed by atoms with Crippen LogP contribution in [0.15, 0.2) is 29.8 Å². The zero-order valence-corrected chi connectivity index (χ0v) is 13.8. The minimum atomic E-state index is -0.323. The number of carbonyl (C=O) groups excluding carboxylic acids is 1. The third-order valence-corrected chi connectivity index (χ3v) is 5.66. The molecule has 2 fully saturated rings. The number of hydrogen-bond donors (Lipinski definition) is 2. The number of fused-ring (bicyclic) bond motifs is 1. The maximum absolute atomic E-state index is 12.3. The third-order valence-electron chi connectivity index (χ3n) is 4.79. The first-order chi connectivity index (χ1) is 11.0. The van der Waals surface area contributed by atoms with E-state index < -0.39 is 0 Å². The van der Waals surface area contributed by atoms with Gasteiger partial charge in [0.25, 0.3) is 0 Å². The molecule has 2 unspecified atom stereocenters. The van der Waals surface area contributed by atoms with Gasteiger partial charge in [0.05, 0.1) is 23.4 Å². The van der Waals surface area contributed by atoms with Gasteiger partial charge in [-0.15, -0.1) is 11.3 Å². The molecule has 23 heavy (non-hydrogen) atoms. The van der Waals surface area contributed by atoms with Gasteiger partial charge >= 0.3 is 6.03 Å². The van der Waals surface area contributed by atoms with Crippen LogP contribution in [0.1, 0.15) is 20.3 Å². The van der Waals surface area contributed by atoms with Gasteiger partial charge in [-0.05, 0) is 32.4 Å². The predicted molar refractivity (Wildman–Crippen MR) is 88.4 cm³/mol. The number of urea groups is 1. The van der Waals surface area contributed by atoms with E-state index in [9.17, 15) is 4.79 Å². The number of rotatable bonds is 3. The quantitative estimate of drug-likeness (QED) is 0.907. The largest absolute Gasteiger partial charge is 0.373 e. The van der Waals surface area contributed by atoms with Crippen molar-refractivity contribution in [3.05, 3.63) is 29.8 Å². The van der Waals surface area contributed by atoms with E-state index in [1.54, 1.807) is 6.20 Å². The summed E-state index contributed by atoms with van der Waals surface area (Å²) in [6.45, 7) is 4.78. The number of hydrogen-bond acceptors (Lipinski definition) is 5. The monoisotopic (exact) mass is 330 g/mol. The Morgan fingerprint density at radius 3 is 2.96 bits per heavy atom. The van der Waals surface area contributed by atoms with Gasteiger partial charge in [0.1, 0.15) is 10.8 Å².